The van der Waals surface area contributed by atoms with Gasteiger partial charge >= 0.3 is 6.09 Å². The van der Waals surface area contributed by atoms with Crippen molar-refractivity contribution in [1.29, 1.82) is 0 Å². The lowest BCUT2D eigenvalue weighted by Gasteiger charge is -2.48. The van der Waals surface area contributed by atoms with Gasteiger partial charge < -0.3 is 25.4 Å². The molecule has 1 saturated heterocycles. The summed E-state index contributed by atoms with van der Waals surface area (Å²) in [6.07, 6.45) is 3.00. The first-order chi connectivity index (χ1) is 20.5. The van der Waals surface area contributed by atoms with E-state index in [2.05, 4.69) is 29.6 Å². The number of benzene rings is 1. The SMILES string of the molecule is CC(C)(C)[C@H](NC(=O)Oc1ccc([N+](=O)[O-])cc1)C(=O)N1C[C@H]2C(CC2(C)C)[C@H]1C(=O)NC(CC1CCC1)C(=O)C(=O)NP. The van der Waals surface area contributed by atoms with E-state index in [-0.39, 0.29) is 34.6 Å². The molecule has 13 nitrogen and oxygen atoms in total. The number of likely N-dealkylation sites (tertiary alicyclic amines) is 1. The summed E-state index contributed by atoms with van der Waals surface area (Å²) in [6.45, 7) is 9.81. The Hall–Kier alpha value is -3.60. The minimum Gasteiger partial charge on any atom is -0.410 e. The maximum Gasteiger partial charge on any atom is 0.413 e. The van der Waals surface area contributed by atoms with E-state index in [4.69, 9.17) is 4.74 Å². The topological polar surface area (TPSA) is 177 Å². The van der Waals surface area contributed by atoms with Gasteiger partial charge in [0.2, 0.25) is 17.6 Å². The summed E-state index contributed by atoms with van der Waals surface area (Å²) in [7, 11) is 2.01. The van der Waals surface area contributed by atoms with Crippen molar-refractivity contribution in [2.45, 2.75) is 84.8 Å². The van der Waals surface area contributed by atoms with Gasteiger partial charge in [-0.1, -0.05) is 53.9 Å². The van der Waals surface area contributed by atoms with Crippen LogP contribution in [0.4, 0.5) is 10.5 Å². The summed E-state index contributed by atoms with van der Waals surface area (Å²) in [6, 6.07) is 1.99. The zero-order chi connectivity index (χ0) is 32.6. The van der Waals surface area contributed by atoms with Crippen molar-refractivity contribution >= 4 is 44.7 Å². The predicted molar refractivity (Wildman–Crippen MR) is 163 cm³/mol. The number of carbonyl (C=O) groups excluding carboxylic acids is 5. The standard InChI is InChI=1S/C30H42N5O8P/c1-29(2,3)24(32-28(40)43-18-11-9-17(10-12-18)35(41)42)27(39)34-15-20-19(14-30(20,4)5)22(34)25(37)31-21(13-16-7-6-8-16)23(36)26(38)33-44/h9-12,16,19-22,24H,6-8,13-15,44H2,1-5H3,(H,31,37)(H,32,40)(H,33,38)/t19?,20-,21?,22-,24+/m0/s1. The third kappa shape index (κ3) is 7.03. The molecule has 6 atom stereocenters. The van der Waals surface area contributed by atoms with Crippen molar-refractivity contribution in [2.24, 2.45) is 28.6 Å². The predicted octanol–water partition coefficient (Wildman–Crippen LogP) is 3.12. The van der Waals surface area contributed by atoms with Crippen molar-refractivity contribution in [3.63, 3.8) is 0 Å². The first kappa shape index (κ1) is 33.3. The lowest BCUT2D eigenvalue weighted by molar-refractivity contribution is -0.384. The Morgan fingerprint density at radius 3 is 2.25 bits per heavy atom. The van der Waals surface area contributed by atoms with E-state index in [1.54, 1.807) is 20.8 Å². The van der Waals surface area contributed by atoms with Crippen LogP contribution in [0.15, 0.2) is 24.3 Å². The molecule has 0 aromatic heterocycles. The minimum absolute atomic E-state index is 0.0333. The number of hydrogen-bond donors (Lipinski definition) is 3. The van der Waals surface area contributed by atoms with Gasteiger partial charge in [0.05, 0.1) is 11.0 Å². The molecule has 3 N–H and O–H groups in total. The van der Waals surface area contributed by atoms with Crippen LogP contribution >= 0.6 is 9.39 Å². The monoisotopic (exact) mass is 631 g/mol. The molecule has 3 aliphatic rings. The molecule has 2 saturated carbocycles. The normalized spacial score (nSPS) is 23.6. The zero-order valence-corrected chi connectivity index (χ0v) is 26.9. The van der Waals surface area contributed by atoms with E-state index >= 15 is 0 Å². The zero-order valence-electron chi connectivity index (χ0n) is 25.8. The van der Waals surface area contributed by atoms with Gasteiger partial charge in [-0.05, 0) is 62.9 Å². The average molecular weight is 632 g/mol. The number of ether oxygens (including phenoxy) is 1. The van der Waals surface area contributed by atoms with E-state index < -0.39 is 58.1 Å². The highest BCUT2D eigenvalue weighted by atomic mass is 31.0. The second-order valence-corrected chi connectivity index (χ2v) is 14.2. The van der Waals surface area contributed by atoms with Crippen LogP contribution in [0, 0.1) is 38.7 Å². The maximum absolute atomic E-state index is 14.2. The second kappa shape index (κ2) is 12.8. The molecular weight excluding hydrogens is 589 g/mol. The van der Waals surface area contributed by atoms with Gasteiger partial charge in [-0.25, -0.2) is 4.79 Å². The van der Waals surface area contributed by atoms with Crippen LogP contribution in [-0.2, 0) is 19.2 Å². The molecule has 3 unspecified atom stereocenters. The van der Waals surface area contributed by atoms with Crippen LogP contribution in [0.1, 0.15) is 66.7 Å². The van der Waals surface area contributed by atoms with E-state index in [1.165, 1.54) is 29.2 Å². The number of Topliss-reactive ketones (excluding diaryl/α,β-unsaturated/α-hetero) is 1. The largest absolute Gasteiger partial charge is 0.413 e. The number of rotatable bonds is 10. The Morgan fingerprint density at radius 2 is 1.75 bits per heavy atom. The smallest absolute Gasteiger partial charge is 0.410 e. The summed E-state index contributed by atoms with van der Waals surface area (Å²) in [4.78, 5) is 78.1. The van der Waals surface area contributed by atoms with Crippen LogP contribution in [-0.4, -0.2) is 64.1 Å². The highest BCUT2D eigenvalue weighted by molar-refractivity contribution is 7.15. The fraction of sp³-hybridized carbons (Fsp3) is 0.633. The van der Waals surface area contributed by atoms with Crippen molar-refractivity contribution in [1.82, 2.24) is 20.6 Å². The Morgan fingerprint density at radius 1 is 1.11 bits per heavy atom. The van der Waals surface area contributed by atoms with Crippen LogP contribution in [0.2, 0.25) is 0 Å². The number of non-ortho nitro benzene ring substituents is 1. The van der Waals surface area contributed by atoms with Crippen molar-refractivity contribution < 1.29 is 33.6 Å². The molecule has 1 aromatic carbocycles. The van der Waals surface area contributed by atoms with Crippen LogP contribution in [0.25, 0.3) is 0 Å². The van der Waals surface area contributed by atoms with Crippen LogP contribution in [0.3, 0.4) is 0 Å². The van der Waals surface area contributed by atoms with Gasteiger partial charge in [0.15, 0.2) is 0 Å². The highest BCUT2D eigenvalue weighted by Gasteiger charge is 2.61. The first-order valence-corrected chi connectivity index (χ1v) is 15.5. The summed E-state index contributed by atoms with van der Waals surface area (Å²) in [5, 5.41) is 18.7. The summed E-state index contributed by atoms with van der Waals surface area (Å²) < 4.78 is 5.31. The van der Waals surface area contributed by atoms with Crippen molar-refractivity contribution in [3.8, 4) is 5.75 Å². The molecule has 240 valence electrons. The molecule has 0 spiro atoms. The number of amides is 4. The van der Waals surface area contributed by atoms with Crippen LogP contribution in [0.5, 0.6) is 5.75 Å². The van der Waals surface area contributed by atoms with Crippen molar-refractivity contribution in [2.75, 3.05) is 6.54 Å². The molecular formula is C30H42N5O8P. The van der Waals surface area contributed by atoms with Gasteiger partial charge in [0.1, 0.15) is 17.8 Å². The Labute approximate surface area is 259 Å². The van der Waals surface area contributed by atoms with Gasteiger partial charge in [-0.3, -0.25) is 29.3 Å². The number of hydrogen-bond acceptors (Lipinski definition) is 8. The molecule has 0 radical (unpaired) electrons. The summed E-state index contributed by atoms with van der Waals surface area (Å²) in [5.41, 5.74) is -1.07. The van der Waals surface area contributed by atoms with E-state index in [1.807, 2.05) is 9.39 Å². The Bertz CT molecular complexity index is 1320. The molecule has 4 rings (SSSR count). The van der Waals surface area contributed by atoms with Crippen LogP contribution < -0.4 is 20.5 Å². The number of nitrogens with one attached hydrogen (secondary N) is 3. The summed E-state index contributed by atoms with van der Waals surface area (Å²) in [5.74, 6) is -2.32. The average Bonchev–Trinajstić information content (AvgIpc) is 3.26. The fourth-order valence-electron chi connectivity index (χ4n) is 6.64. The van der Waals surface area contributed by atoms with Gasteiger partial charge in [-0.15, -0.1) is 0 Å². The molecule has 14 heteroatoms. The number of nitro benzene ring substituents is 1. The molecule has 1 heterocycles. The molecule has 1 aromatic rings. The highest BCUT2D eigenvalue weighted by Crippen LogP contribution is 2.57. The minimum atomic E-state index is -1.08. The van der Waals surface area contributed by atoms with Gasteiger partial charge in [0, 0.05) is 18.7 Å². The number of nitro groups is 1. The van der Waals surface area contributed by atoms with E-state index in [9.17, 15) is 34.1 Å². The van der Waals surface area contributed by atoms with Gasteiger partial charge in [-0.2, -0.15) is 0 Å². The molecule has 3 fully saturated rings. The molecule has 44 heavy (non-hydrogen) atoms. The first-order valence-electron chi connectivity index (χ1n) is 14.9. The van der Waals surface area contributed by atoms with Crippen molar-refractivity contribution in [3.05, 3.63) is 34.4 Å². The number of nitrogens with zero attached hydrogens (tertiary/aromatic N) is 2. The lowest BCUT2D eigenvalue weighted by atomic mass is 9.55. The molecule has 4 amide bonds. The number of ketones is 1. The Balaban J connectivity index is 1.55. The fourth-order valence-corrected chi connectivity index (χ4v) is 6.78. The maximum atomic E-state index is 14.2. The molecule has 1 aliphatic heterocycles. The lowest BCUT2D eigenvalue weighted by Crippen LogP contribution is -2.60. The second-order valence-electron chi connectivity index (χ2n) is 13.9. The van der Waals surface area contributed by atoms with Gasteiger partial charge in [0.25, 0.3) is 11.6 Å². The summed E-state index contributed by atoms with van der Waals surface area (Å²) >= 11 is 0. The third-order valence-corrected chi connectivity index (χ3v) is 9.65. The molecule has 2 aliphatic carbocycles. The number of carbonyl (C=O) groups is 5. The number of fused-ring (bicyclic) bond motifs is 1. The Kier molecular flexibility index (Phi) is 9.68. The molecule has 0 bridgehead atoms. The quantitative estimate of drug-likeness (QED) is 0.153. The van der Waals surface area contributed by atoms with E-state index in [0.717, 1.165) is 19.3 Å². The van der Waals surface area contributed by atoms with E-state index in [0.29, 0.717) is 19.4 Å². The third-order valence-electron chi connectivity index (χ3n) is 9.38.